The Hall–Kier alpha value is -1.34. The molecule has 0 spiro atoms. The fraction of sp³-hybridized carbons (Fsp3) is 0.214. The molecule has 2 rings (SSSR count). The van der Waals surface area contributed by atoms with Crippen molar-refractivity contribution < 1.29 is 33.0 Å². The second-order valence-electron chi connectivity index (χ2n) is 4.63. The molecule has 1 aromatic heterocycles. The van der Waals surface area contributed by atoms with E-state index in [1.54, 1.807) is 18.5 Å². The van der Waals surface area contributed by atoms with Crippen LogP contribution in [0.1, 0.15) is 34.6 Å². The van der Waals surface area contributed by atoms with Crippen molar-refractivity contribution in [1.29, 1.82) is 0 Å². The third kappa shape index (κ3) is 4.33. The number of nitrogens with two attached hydrogens (primary N) is 1. The number of carboxylic acid groups (broad SMARTS) is 1. The van der Waals surface area contributed by atoms with Crippen LogP contribution in [-0.4, -0.2) is 27.4 Å². The van der Waals surface area contributed by atoms with Gasteiger partial charge in [-0.1, -0.05) is 0 Å². The molecule has 1 atom stereocenters. The van der Waals surface area contributed by atoms with Gasteiger partial charge in [0.05, 0.1) is 0 Å². The SMILES string of the molecule is CCC([S][Hg][c]1ccc(C(=O)O)cc1)c1[nH]cnc1/N=C\N. The molecule has 0 fully saturated rings. The minimum absolute atomic E-state index is 0.321. The number of aromatic carboxylic acids is 1. The number of carboxylic acids is 1. The number of hydrogen-bond donors (Lipinski definition) is 3. The average Bonchev–Trinajstić information content (AvgIpc) is 2.97. The molecule has 0 saturated carbocycles. The number of nitrogens with zero attached hydrogens (tertiary/aromatic N) is 2. The fourth-order valence-corrected chi connectivity index (χ4v) is 15.7. The van der Waals surface area contributed by atoms with Crippen LogP contribution < -0.4 is 8.81 Å². The van der Waals surface area contributed by atoms with Gasteiger partial charge in [-0.15, -0.1) is 0 Å². The van der Waals surface area contributed by atoms with E-state index >= 15 is 0 Å². The fourth-order valence-electron chi connectivity index (χ4n) is 2.05. The quantitative estimate of drug-likeness (QED) is 0.305. The van der Waals surface area contributed by atoms with Gasteiger partial charge in [0.1, 0.15) is 0 Å². The van der Waals surface area contributed by atoms with E-state index < -0.39 is 29.0 Å². The predicted octanol–water partition coefficient (Wildman–Crippen LogP) is 2.23. The van der Waals surface area contributed by atoms with Crippen molar-refractivity contribution in [2.24, 2.45) is 10.7 Å². The molecule has 1 heterocycles. The first-order chi connectivity index (χ1) is 10.7. The van der Waals surface area contributed by atoms with Crippen molar-refractivity contribution in [2.75, 3.05) is 0 Å². The Labute approximate surface area is 143 Å². The molecule has 0 aliphatic rings. The van der Waals surface area contributed by atoms with Crippen LogP contribution in [0.15, 0.2) is 35.6 Å². The predicted molar refractivity (Wildman–Crippen MR) is 84.6 cm³/mol. The van der Waals surface area contributed by atoms with Crippen LogP contribution in [0.3, 0.4) is 0 Å². The van der Waals surface area contributed by atoms with Crippen molar-refractivity contribution >= 4 is 29.4 Å². The monoisotopic (exact) mass is 506 g/mol. The van der Waals surface area contributed by atoms with Gasteiger partial charge in [0.15, 0.2) is 0 Å². The van der Waals surface area contributed by atoms with Crippen molar-refractivity contribution in [3.05, 3.63) is 41.9 Å². The van der Waals surface area contributed by atoms with Crippen LogP contribution in [0.5, 0.6) is 0 Å². The first-order valence-corrected chi connectivity index (χ1v) is 17.4. The van der Waals surface area contributed by atoms with Crippen molar-refractivity contribution in [3.63, 3.8) is 0 Å². The molecule has 2 aromatic rings. The summed E-state index contributed by atoms with van der Waals surface area (Å²) in [6.07, 6.45) is 3.87. The molecule has 0 aliphatic carbocycles. The van der Waals surface area contributed by atoms with Crippen LogP contribution in [-0.2, 0) is 23.1 Å². The number of aromatic nitrogens is 2. The van der Waals surface area contributed by atoms with E-state index in [2.05, 4.69) is 21.9 Å². The number of H-pyrrole nitrogens is 1. The standard InChI is InChI=1S/C7H12N4S.C7H5O2.Hg/c1-2-5(12)6-7(9-3-8)11-4-10-6;8-7(9)6-4-2-1-3-5-6;/h3-5,12H,2H2,1H3,(H2,8,9)(H,10,11);2-5H,(H,8,9);/q;;+1/p-1. The molecule has 0 amide bonds. The van der Waals surface area contributed by atoms with Gasteiger partial charge in [0.25, 0.3) is 0 Å². The molecule has 0 saturated heterocycles. The van der Waals surface area contributed by atoms with Crippen molar-refractivity contribution in [2.45, 2.75) is 18.6 Å². The summed E-state index contributed by atoms with van der Waals surface area (Å²) in [5.74, 6) is -0.236. The number of carbonyl (C=O) groups is 1. The number of aromatic amines is 1. The minimum atomic E-state index is -1.38. The molecule has 1 unspecified atom stereocenters. The topological polar surface area (TPSA) is 104 Å². The number of rotatable bonds is 7. The first-order valence-electron chi connectivity index (χ1n) is 6.87. The Kier molecular flexibility index (Phi) is 6.44. The molecular weight excluding hydrogens is 489 g/mol. The van der Waals surface area contributed by atoms with Crippen molar-refractivity contribution in [3.8, 4) is 0 Å². The van der Waals surface area contributed by atoms with E-state index in [0.29, 0.717) is 16.6 Å². The third-order valence-electron chi connectivity index (χ3n) is 3.19. The summed E-state index contributed by atoms with van der Waals surface area (Å²) in [6.45, 7) is 2.13. The first kappa shape index (κ1) is 17.0. The van der Waals surface area contributed by atoms with Crippen LogP contribution in [0, 0.1) is 0 Å². The summed E-state index contributed by atoms with van der Waals surface area (Å²) in [6, 6.07) is 7.24. The summed E-state index contributed by atoms with van der Waals surface area (Å²) in [5, 5.41) is 9.24. The van der Waals surface area contributed by atoms with Gasteiger partial charge in [-0.05, 0) is 0 Å². The van der Waals surface area contributed by atoms with Gasteiger partial charge in [-0.25, -0.2) is 0 Å². The summed E-state index contributed by atoms with van der Waals surface area (Å²) < 4.78 is 1.30. The molecule has 6 nitrogen and oxygen atoms in total. The molecule has 4 N–H and O–H groups in total. The Morgan fingerprint density at radius 1 is 1.55 bits per heavy atom. The van der Waals surface area contributed by atoms with Gasteiger partial charge in [-0.3, -0.25) is 0 Å². The van der Waals surface area contributed by atoms with Crippen LogP contribution >= 0.6 is 8.24 Å². The van der Waals surface area contributed by atoms with E-state index in [1.807, 2.05) is 20.4 Å². The molecule has 1 aromatic carbocycles. The van der Waals surface area contributed by atoms with Gasteiger partial charge in [0, 0.05) is 0 Å². The summed E-state index contributed by atoms with van der Waals surface area (Å²) in [4.78, 5) is 22.3. The summed E-state index contributed by atoms with van der Waals surface area (Å²) >= 11 is -1.38. The van der Waals surface area contributed by atoms with E-state index in [0.717, 1.165) is 12.1 Å². The molecule has 112 valence electrons. The van der Waals surface area contributed by atoms with Gasteiger partial charge in [-0.2, -0.15) is 0 Å². The Bertz CT molecular complexity index is 657. The summed E-state index contributed by atoms with van der Waals surface area (Å²) in [7, 11) is 1.98. The van der Waals surface area contributed by atoms with Gasteiger partial charge < -0.3 is 0 Å². The Balaban J connectivity index is 2.04. The normalized spacial score (nSPS) is 12.2. The molecule has 22 heavy (non-hydrogen) atoms. The zero-order valence-corrected chi connectivity index (χ0v) is 18.5. The zero-order chi connectivity index (χ0) is 15.9. The van der Waals surface area contributed by atoms with Gasteiger partial charge >= 0.3 is 144 Å². The van der Waals surface area contributed by atoms with E-state index in [4.69, 9.17) is 10.8 Å². The number of benzene rings is 1. The molecular formula is C14H16HgN4O2S. The second kappa shape index (κ2) is 8.33. The molecule has 0 aliphatic heterocycles. The Morgan fingerprint density at radius 2 is 2.27 bits per heavy atom. The number of imidazole rings is 1. The third-order valence-corrected chi connectivity index (χ3v) is 17.0. The number of hydrogen-bond acceptors (Lipinski definition) is 4. The van der Waals surface area contributed by atoms with E-state index in [9.17, 15) is 4.79 Å². The maximum absolute atomic E-state index is 10.9. The second-order valence-corrected chi connectivity index (χ2v) is 16.2. The number of aliphatic imine (C=N–C) groups is 1. The Morgan fingerprint density at radius 3 is 2.86 bits per heavy atom. The average molecular weight is 505 g/mol. The van der Waals surface area contributed by atoms with Crippen LogP contribution in [0.25, 0.3) is 0 Å². The van der Waals surface area contributed by atoms with Crippen LogP contribution in [0.2, 0.25) is 0 Å². The molecule has 0 radical (unpaired) electrons. The maximum atomic E-state index is 10.9. The van der Waals surface area contributed by atoms with E-state index in [1.165, 1.54) is 9.41 Å². The zero-order valence-electron chi connectivity index (χ0n) is 12.2. The summed E-state index contributed by atoms with van der Waals surface area (Å²) in [5.41, 5.74) is 6.69. The van der Waals surface area contributed by atoms with E-state index in [-0.39, 0.29) is 0 Å². The van der Waals surface area contributed by atoms with Gasteiger partial charge in [0.2, 0.25) is 0 Å². The molecule has 0 bridgehead atoms. The molecule has 8 heteroatoms. The number of nitrogens with one attached hydrogen (secondary N) is 1. The van der Waals surface area contributed by atoms with Crippen molar-refractivity contribution in [1.82, 2.24) is 9.97 Å². The van der Waals surface area contributed by atoms with Crippen LogP contribution in [0.4, 0.5) is 5.82 Å².